The van der Waals surface area contributed by atoms with E-state index < -0.39 is 0 Å². The summed E-state index contributed by atoms with van der Waals surface area (Å²) in [5.74, 6) is 5.51. The fourth-order valence-corrected chi connectivity index (χ4v) is 19.6. The van der Waals surface area contributed by atoms with Crippen molar-refractivity contribution in [3.63, 3.8) is 0 Å². The lowest BCUT2D eigenvalue weighted by Gasteiger charge is -2.12. The van der Waals surface area contributed by atoms with E-state index in [-0.39, 0.29) is 0 Å². The summed E-state index contributed by atoms with van der Waals surface area (Å²) in [5.41, 5.74) is 23.0. The van der Waals surface area contributed by atoms with Crippen molar-refractivity contribution in [1.82, 2.24) is 72.7 Å². The number of aldehydes is 2. The van der Waals surface area contributed by atoms with E-state index in [1.165, 1.54) is 16.2 Å². The zero-order chi connectivity index (χ0) is 93.0. The van der Waals surface area contributed by atoms with Gasteiger partial charge in [0.15, 0.2) is 34.9 Å². The Balaban J connectivity index is 0.000000109. The van der Waals surface area contributed by atoms with E-state index in [0.717, 1.165) is 187 Å². The number of H-pyrrole nitrogens is 1. The maximum Gasteiger partial charge on any atom is 0.238 e. The number of nitrogens with one attached hydrogen (secondary N) is 1. The molecule has 0 spiro atoms. The van der Waals surface area contributed by atoms with Gasteiger partial charge in [-0.1, -0.05) is 346 Å². The van der Waals surface area contributed by atoms with E-state index >= 15 is 0 Å². The first-order valence-corrected chi connectivity index (χ1v) is 46.8. The Labute approximate surface area is 809 Å². The largest absolute Gasteiger partial charge is 0.354 e. The van der Waals surface area contributed by atoms with E-state index in [1.54, 1.807) is 12.1 Å². The summed E-state index contributed by atoms with van der Waals surface area (Å²) < 4.78 is 12.4. The highest BCUT2D eigenvalue weighted by atomic mass is 127. The molecule has 0 aliphatic carbocycles. The quantitative estimate of drug-likeness (QED) is 0.0805. The maximum absolute atomic E-state index is 11.4. The Hall–Kier alpha value is -18.4. The molecule has 656 valence electrons. The first-order valence-electron chi connectivity index (χ1n) is 45.7. The lowest BCUT2D eigenvalue weighted by Crippen LogP contribution is -2.06. The number of aromatic nitrogens is 15. The van der Waals surface area contributed by atoms with Crippen molar-refractivity contribution >= 4 is 172 Å². The van der Waals surface area contributed by atoms with Gasteiger partial charge in [0.25, 0.3) is 0 Å². The summed E-state index contributed by atoms with van der Waals surface area (Å²) in [5, 5.41) is 13.7. The van der Waals surface area contributed by atoms with Gasteiger partial charge in [0.1, 0.15) is 12.6 Å². The molecule has 18 heteroatoms. The second kappa shape index (κ2) is 35.9. The van der Waals surface area contributed by atoms with E-state index in [9.17, 15) is 9.59 Å². The van der Waals surface area contributed by atoms with Crippen LogP contribution in [0.15, 0.2) is 443 Å². The molecule has 27 rings (SSSR count). The minimum Gasteiger partial charge on any atom is -0.354 e. The van der Waals surface area contributed by atoms with E-state index in [2.05, 4.69) is 263 Å². The molecule has 9 heterocycles. The topological polar surface area (TPSA) is 191 Å². The highest BCUT2D eigenvalue weighted by Crippen LogP contribution is 2.47. The molecule has 139 heavy (non-hydrogen) atoms. The number of halogens is 1. The molecule has 0 radical (unpaired) electrons. The van der Waals surface area contributed by atoms with Crippen molar-refractivity contribution in [3.8, 4) is 97.5 Å². The Morgan fingerprint density at radius 3 is 0.806 bits per heavy atom. The minimum absolute atomic E-state index is 0.554. The zero-order valence-electron chi connectivity index (χ0n) is 74.5. The number of hydrogen-bond acceptors (Lipinski definition) is 11. The molecule has 18 aromatic carbocycles. The van der Waals surface area contributed by atoms with Crippen LogP contribution in [0.2, 0.25) is 0 Å². The molecule has 17 nitrogen and oxygen atoms in total. The van der Waals surface area contributed by atoms with Gasteiger partial charge in [-0.05, 0) is 131 Å². The number of carbonyl (C=O) groups excluding carboxylic acids is 2. The third kappa shape index (κ3) is 15.1. The van der Waals surface area contributed by atoms with Gasteiger partial charge in [-0.15, -0.1) is 0 Å². The average Bonchev–Trinajstić information content (AvgIpc) is 1.56. The van der Waals surface area contributed by atoms with Gasteiger partial charge < -0.3 is 14.1 Å². The third-order valence-electron chi connectivity index (χ3n) is 25.6. The number of fused-ring (bicyclic) bond motifs is 21. The highest BCUT2D eigenvalue weighted by Gasteiger charge is 2.28. The maximum atomic E-state index is 11.4. The van der Waals surface area contributed by atoms with Crippen LogP contribution in [-0.2, 0) is 0 Å². The van der Waals surface area contributed by atoms with Crippen LogP contribution >= 0.6 is 22.6 Å². The fourth-order valence-electron chi connectivity index (χ4n) is 19.3. The predicted octanol–water partition coefficient (Wildman–Crippen LogP) is 29.3. The molecule has 0 amide bonds. The smallest absolute Gasteiger partial charge is 0.238 e. The molecule has 9 aromatic heterocycles. The van der Waals surface area contributed by atoms with Gasteiger partial charge in [-0.3, -0.25) is 23.3 Å². The normalized spacial score (nSPS) is 11.4. The zero-order valence-corrected chi connectivity index (χ0v) is 76.6. The molecule has 0 bridgehead atoms. The van der Waals surface area contributed by atoms with Gasteiger partial charge in [0.2, 0.25) is 17.8 Å². The van der Waals surface area contributed by atoms with Crippen molar-refractivity contribution in [2.75, 3.05) is 0 Å². The number of hydrogen-bond donors (Lipinski definition) is 1. The number of aromatic amines is 1. The van der Waals surface area contributed by atoms with Gasteiger partial charge in [0.05, 0.1) is 55.2 Å². The van der Waals surface area contributed by atoms with Crippen LogP contribution in [0.5, 0.6) is 0 Å². The van der Waals surface area contributed by atoms with Crippen LogP contribution in [0.3, 0.4) is 0 Å². The van der Waals surface area contributed by atoms with Crippen molar-refractivity contribution in [3.05, 3.63) is 464 Å². The number of carbonyl (C=O) groups is 2. The second-order valence-corrected chi connectivity index (χ2v) is 35.0. The molecule has 27 aromatic rings. The molecule has 0 unspecified atom stereocenters. The van der Waals surface area contributed by atoms with E-state index in [0.29, 0.717) is 58.4 Å². The molecule has 0 aliphatic heterocycles. The van der Waals surface area contributed by atoms with Crippen LogP contribution in [0.25, 0.3) is 234 Å². The fraction of sp³-hybridized carbons (Fsp3) is 0. The van der Waals surface area contributed by atoms with Crippen LogP contribution < -0.4 is 0 Å². The SMILES string of the molecule is C=Cc1ccc(-n2c3ccccc3c3c2ccc2c4ccccc4n(-c4nc(-c5ccccc5)nc(-c5ccccc5)n4)c23)cc1.O=Cc1ccc(-n2c3ccccc3c3c2ccc2c4ccccc4n(-c4nc(-c5ccccc5)nc(-c5ccccc5)n4)c23)cc1.O=Cc1ccc(I)cc1.c1ccc(-c2nc(-c3ccccc3)nc(-n3c4ccccc4c4ccc5[nH]c6ccccc6c5c43)n2)cc1. The number of para-hydroxylation sites is 6. The van der Waals surface area contributed by atoms with Crippen molar-refractivity contribution < 1.29 is 9.59 Å². The molecule has 0 saturated carbocycles. The molecular formula is C121H78IN15O2. The first kappa shape index (κ1) is 83.7. The molecular weight excluding hydrogens is 1820 g/mol. The minimum atomic E-state index is 0.554. The van der Waals surface area contributed by atoms with Crippen molar-refractivity contribution in [2.45, 2.75) is 0 Å². The van der Waals surface area contributed by atoms with E-state index in [4.69, 9.17) is 44.9 Å². The Morgan fingerprint density at radius 2 is 0.482 bits per heavy atom. The first-order chi connectivity index (χ1) is 68.7. The predicted molar refractivity (Wildman–Crippen MR) is 573 cm³/mol. The molecule has 1 N–H and O–H groups in total. The Morgan fingerprint density at radius 1 is 0.216 bits per heavy atom. The average molecular weight is 1900 g/mol. The summed E-state index contributed by atoms with van der Waals surface area (Å²) >= 11 is 2.20. The number of benzene rings is 18. The van der Waals surface area contributed by atoms with Crippen LogP contribution in [0.4, 0.5) is 0 Å². The number of nitrogens with zero attached hydrogens (tertiary/aromatic N) is 14. The standard InChI is InChI=1S/C41H27N5.C40H25N5O.C33H21N5.C7H5IO/c1-2-27-21-23-30(24-22-27)45-35-20-12-10-18-33(35)37-36(45)26-25-32-31-17-9-11-19-34(31)46(38(32)37)41-43-39(28-13-5-3-6-14-28)42-40(44-41)29-15-7-4-8-16-29;46-25-26-19-21-29(22-20-26)44-34-18-10-8-16-32(34)36-35(44)24-23-31-30-15-7-9-17-33(30)45(37(31)36)40-42-38(27-11-3-1-4-12-27)41-39(43-40)28-13-5-2-6-14-28;1-3-11-21(12-4-1)31-35-32(22-13-5-2-6-14-22)37-33(36-31)38-28-18-10-8-15-23(28)24-19-20-27-29(30(24)38)25-16-7-9-17-26(25)34-27;8-7-3-1-6(5-9)2-4-7/h2-26H,1H2;1-25H;1-20,34H;1-5H. The third-order valence-corrected chi connectivity index (χ3v) is 26.3. The van der Waals surface area contributed by atoms with Crippen LogP contribution in [-0.4, -0.2) is 85.2 Å². The van der Waals surface area contributed by atoms with Gasteiger partial charge in [0, 0.05) is 135 Å². The molecule has 0 atom stereocenters. The molecule has 0 fully saturated rings. The van der Waals surface area contributed by atoms with Crippen molar-refractivity contribution in [2.24, 2.45) is 0 Å². The van der Waals surface area contributed by atoms with Gasteiger partial charge in [-0.25, -0.2) is 15.0 Å². The van der Waals surface area contributed by atoms with Crippen molar-refractivity contribution in [1.29, 1.82) is 0 Å². The highest BCUT2D eigenvalue weighted by molar-refractivity contribution is 14.1. The monoisotopic (exact) mass is 1900 g/mol. The summed E-state index contributed by atoms with van der Waals surface area (Å²) in [7, 11) is 0. The Kier molecular flexibility index (Phi) is 21.6. The summed E-state index contributed by atoms with van der Waals surface area (Å²) in [6.45, 7) is 3.94. The molecule has 0 saturated heterocycles. The summed E-state index contributed by atoms with van der Waals surface area (Å²) in [6, 6.07) is 148. The molecule has 0 aliphatic rings. The second-order valence-electron chi connectivity index (χ2n) is 33.7. The van der Waals surface area contributed by atoms with Crippen LogP contribution in [0, 0.1) is 3.57 Å². The Bertz CT molecular complexity index is 8900. The summed E-state index contributed by atoms with van der Waals surface area (Å²) in [4.78, 5) is 70.7. The van der Waals surface area contributed by atoms with Gasteiger partial charge in [-0.2, -0.15) is 29.9 Å². The van der Waals surface area contributed by atoms with E-state index in [1.807, 2.05) is 224 Å². The summed E-state index contributed by atoms with van der Waals surface area (Å²) in [6.07, 6.45) is 3.59. The lowest BCUT2D eigenvalue weighted by atomic mass is 10.1. The number of rotatable bonds is 14. The van der Waals surface area contributed by atoms with Gasteiger partial charge >= 0.3 is 0 Å². The lowest BCUT2D eigenvalue weighted by molar-refractivity contribution is 0.111. The van der Waals surface area contributed by atoms with Crippen LogP contribution in [0.1, 0.15) is 26.3 Å².